The zero-order chi connectivity index (χ0) is 16.6. The van der Waals surface area contributed by atoms with E-state index in [2.05, 4.69) is 15.9 Å². The van der Waals surface area contributed by atoms with E-state index in [1.165, 1.54) is 0 Å². The first-order valence-electron chi connectivity index (χ1n) is 4.75. The van der Waals surface area contributed by atoms with Gasteiger partial charge in [0.25, 0.3) is 5.69 Å². The lowest BCUT2D eigenvalue weighted by molar-refractivity contribution is -0.385. The molecule has 0 aromatic heterocycles. The average molecular weight is 402 g/mol. The van der Waals surface area contributed by atoms with E-state index in [1.54, 1.807) is 0 Å². The van der Waals surface area contributed by atoms with E-state index < -0.39 is 44.6 Å². The Hall–Kier alpha value is -1.04. The molecule has 0 aliphatic carbocycles. The van der Waals surface area contributed by atoms with E-state index in [0.717, 1.165) is 12.1 Å². The molecule has 0 unspecified atom stereocenters. The van der Waals surface area contributed by atoms with E-state index in [0.29, 0.717) is 6.07 Å². The van der Waals surface area contributed by atoms with E-state index in [4.69, 9.17) is 0 Å². The van der Waals surface area contributed by atoms with E-state index in [9.17, 15) is 40.8 Å². The molecule has 0 spiro atoms. The molecule has 21 heavy (non-hydrogen) atoms. The molecular formula is C9H3BrF7NO2S. The third-order valence-electron chi connectivity index (χ3n) is 2.09. The van der Waals surface area contributed by atoms with Gasteiger partial charge in [0.05, 0.1) is 4.92 Å². The molecule has 0 radical (unpaired) electrons. The molecule has 0 saturated heterocycles. The number of benzene rings is 1. The van der Waals surface area contributed by atoms with Gasteiger partial charge in [-0.15, -0.1) is 0 Å². The van der Waals surface area contributed by atoms with Crippen molar-refractivity contribution in [3.05, 3.63) is 32.8 Å². The van der Waals surface area contributed by atoms with Crippen molar-refractivity contribution in [1.82, 2.24) is 0 Å². The van der Waals surface area contributed by atoms with Gasteiger partial charge >= 0.3 is 17.4 Å². The van der Waals surface area contributed by atoms with Crippen LogP contribution in [0.25, 0.3) is 0 Å². The van der Waals surface area contributed by atoms with Crippen molar-refractivity contribution < 1.29 is 35.7 Å². The summed E-state index contributed by atoms with van der Waals surface area (Å²) in [6.07, 6.45) is -6.46. The number of halogens is 8. The predicted octanol–water partition coefficient (Wildman–Crippen LogP) is 5.24. The number of nitro benzene ring substituents is 1. The zero-order valence-electron chi connectivity index (χ0n) is 9.43. The molecule has 0 aliphatic rings. The highest BCUT2D eigenvalue weighted by molar-refractivity contribution is 9.10. The van der Waals surface area contributed by atoms with Crippen molar-refractivity contribution in [2.45, 2.75) is 22.2 Å². The van der Waals surface area contributed by atoms with E-state index in [-0.39, 0.29) is 4.47 Å². The number of thioether (sulfide) groups is 1. The van der Waals surface area contributed by atoms with Crippen LogP contribution in [0.5, 0.6) is 0 Å². The van der Waals surface area contributed by atoms with Gasteiger partial charge in [0.15, 0.2) is 0 Å². The fraction of sp³-hybridized carbons (Fsp3) is 0.333. The Morgan fingerprint density at radius 2 is 1.62 bits per heavy atom. The summed E-state index contributed by atoms with van der Waals surface area (Å²) in [7, 11) is 0. The molecule has 0 heterocycles. The molecule has 0 fully saturated rings. The molecule has 0 saturated carbocycles. The molecule has 3 nitrogen and oxygen atoms in total. The molecule has 1 aromatic rings. The van der Waals surface area contributed by atoms with Crippen molar-refractivity contribution in [3.63, 3.8) is 0 Å². The first-order valence-corrected chi connectivity index (χ1v) is 6.36. The van der Waals surface area contributed by atoms with Gasteiger partial charge in [-0.05, 0) is 33.8 Å². The van der Waals surface area contributed by atoms with Crippen LogP contribution in [0.2, 0.25) is 0 Å². The topological polar surface area (TPSA) is 43.1 Å². The minimum Gasteiger partial charge on any atom is -0.258 e. The average Bonchev–Trinajstić information content (AvgIpc) is 2.29. The van der Waals surface area contributed by atoms with Gasteiger partial charge in [-0.25, -0.2) is 0 Å². The molecular weight excluding hydrogens is 399 g/mol. The van der Waals surface area contributed by atoms with E-state index in [1.807, 2.05) is 0 Å². The summed E-state index contributed by atoms with van der Waals surface area (Å²) in [5, 5.41) is 4.91. The lowest BCUT2D eigenvalue weighted by atomic mass is 10.3. The Morgan fingerprint density at radius 3 is 2.05 bits per heavy atom. The van der Waals surface area contributed by atoms with Crippen LogP contribution in [0.4, 0.5) is 36.4 Å². The highest BCUT2D eigenvalue weighted by Gasteiger charge is 2.73. The van der Waals surface area contributed by atoms with Crippen LogP contribution < -0.4 is 0 Å². The van der Waals surface area contributed by atoms with Crippen LogP contribution in [-0.4, -0.2) is 22.3 Å². The van der Waals surface area contributed by atoms with Crippen molar-refractivity contribution in [1.29, 1.82) is 0 Å². The molecule has 0 N–H and O–H groups in total. The van der Waals surface area contributed by atoms with Crippen molar-refractivity contribution >= 4 is 33.4 Å². The minimum atomic E-state index is -6.46. The molecule has 118 valence electrons. The summed E-state index contributed by atoms with van der Waals surface area (Å²) in [6.45, 7) is 0. The number of nitrogens with zero attached hydrogens (tertiary/aromatic N) is 1. The first kappa shape index (κ1) is 18.0. The lowest BCUT2D eigenvalue weighted by Crippen LogP contribution is -2.49. The molecule has 0 bridgehead atoms. The maximum Gasteiger partial charge on any atom is 0.460 e. The second kappa shape index (κ2) is 5.63. The van der Waals surface area contributed by atoms with Gasteiger partial charge in [-0.2, -0.15) is 30.7 Å². The van der Waals surface area contributed by atoms with Gasteiger partial charge in [0.2, 0.25) is 0 Å². The van der Waals surface area contributed by atoms with Gasteiger partial charge < -0.3 is 0 Å². The van der Waals surface area contributed by atoms with Gasteiger partial charge in [0.1, 0.15) is 0 Å². The summed E-state index contributed by atoms with van der Waals surface area (Å²) >= 11 is 1.53. The molecule has 0 aliphatic heterocycles. The Bertz CT molecular complexity index is 564. The first-order chi connectivity index (χ1) is 9.29. The third kappa shape index (κ3) is 3.59. The second-order valence-corrected chi connectivity index (χ2v) is 5.57. The number of rotatable bonds is 4. The van der Waals surface area contributed by atoms with Gasteiger partial charge in [-0.3, -0.25) is 10.1 Å². The Balaban J connectivity index is 3.21. The van der Waals surface area contributed by atoms with Crippen LogP contribution in [0.1, 0.15) is 0 Å². The number of hydrogen-bond acceptors (Lipinski definition) is 3. The fourth-order valence-corrected chi connectivity index (χ4v) is 2.41. The summed E-state index contributed by atoms with van der Waals surface area (Å²) in [6, 6.07) is 2.23. The predicted molar refractivity (Wildman–Crippen MR) is 62.6 cm³/mol. The standard InChI is InChI=1S/C9H3BrF7NO2S/c10-5-2-1-4(18(19)20)3-6(5)21-9(16,17)7(11,12)8(13,14)15/h1-3H. The third-order valence-corrected chi connectivity index (χ3v) is 4.11. The Labute approximate surface area is 124 Å². The van der Waals surface area contributed by atoms with Crippen LogP contribution in [0.15, 0.2) is 27.6 Å². The highest BCUT2D eigenvalue weighted by Crippen LogP contribution is 2.54. The minimum absolute atomic E-state index is 0.282. The summed E-state index contributed by atoms with van der Waals surface area (Å²) < 4.78 is 87.5. The number of non-ortho nitro benzene ring substituents is 1. The van der Waals surface area contributed by atoms with Crippen LogP contribution in [0, 0.1) is 10.1 Å². The Kier molecular flexibility index (Phi) is 4.83. The fourth-order valence-electron chi connectivity index (χ4n) is 1.05. The van der Waals surface area contributed by atoms with Crippen LogP contribution >= 0.6 is 27.7 Å². The van der Waals surface area contributed by atoms with Crippen molar-refractivity contribution in [3.8, 4) is 0 Å². The maximum atomic E-state index is 13.2. The monoisotopic (exact) mass is 401 g/mol. The summed E-state index contributed by atoms with van der Waals surface area (Å²) in [5.41, 5.74) is -0.730. The molecule has 1 aromatic carbocycles. The molecule has 12 heteroatoms. The van der Waals surface area contributed by atoms with Crippen molar-refractivity contribution in [2.75, 3.05) is 0 Å². The van der Waals surface area contributed by atoms with Crippen LogP contribution in [0.3, 0.4) is 0 Å². The number of alkyl halides is 7. The lowest BCUT2D eigenvalue weighted by Gasteiger charge is -2.27. The maximum absolute atomic E-state index is 13.2. The summed E-state index contributed by atoms with van der Waals surface area (Å²) in [5.74, 6) is -6.30. The molecule has 1 rings (SSSR count). The number of nitro groups is 1. The zero-order valence-corrected chi connectivity index (χ0v) is 11.8. The van der Waals surface area contributed by atoms with Crippen molar-refractivity contribution in [2.24, 2.45) is 0 Å². The molecule has 0 amide bonds. The SMILES string of the molecule is O=[N+]([O-])c1ccc(Br)c(SC(F)(F)C(F)(F)C(F)(F)F)c1. The van der Waals surface area contributed by atoms with E-state index >= 15 is 0 Å². The largest absolute Gasteiger partial charge is 0.460 e. The summed E-state index contributed by atoms with van der Waals surface area (Å²) in [4.78, 5) is 8.63. The highest BCUT2D eigenvalue weighted by atomic mass is 79.9. The quantitative estimate of drug-likeness (QED) is 0.300. The normalized spacial score (nSPS) is 13.3. The second-order valence-electron chi connectivity index (χ2n) is 3.56. The van der Waals surface area contributed by atoms with Gasteiger partial charge in [0, 0.05) is 21.5 Å². The molecule has 0 atom stereocenters. The Morgan fingerprint density at radius 1 is 1.10 bits per heavy atom. The van der Waals surface area contributed by atoms with Gasteiger partial charge in [-0.1, -0.05) is 0 Å². The number of hydrogen-bond donors (Lipinski definition) is 0. The smallest absolute Gasteiger partial charge is 0.258 e. The van der Waals surface area contributed by atoms with Crippen LogP contribution in [-0.2, 0) is 0 Å².